The maximum Gasteiger partial charge on any atom is 1.00 e. The van der Waals surface area contributed by atoms with Gasteiger partial charge in [0.05, 0.1) is 12.6 Å². The van der Waals surface area contributed by atoms with Gasteiger partial charge in [-0.15, -0.1) is 11.3 Å². The zero-order valence-corrected chi connectivity index (χ0v) is 28.5. The van der Waals surface area contributed by atoms with Crippen molar-refractivity contribution in [3.8, 4) is 5.75 Å². The molecule has 1 aromatic heterocycles. The van der Waals surface area contributed by atoms with E-state index in [0.717, 1.165) is 21.2 Å². The predicted molar refractivity (Wildman–Crippen MR) is 162 cm³/mol. The summed E-state index contributed by atoms with van der Waals surface area (Å²) < 4.78 is 1.11. The summed E-state index contributed by atoms with van der Waals surface area (Å²) >= 11 is 7.00. The Morgan fingerprint density at radius 3 is 2.40 bits per heavy atom. The Hall–Kier alpha value is -2.22. The van der Waals surface area contributed by atoms with Crippen LogP contribution in [0.1, 0.15) is 34.0 Å². The number of aromatic hydroxyl groups is 1. The van der Waals surface area contributed by atoms with E-state index in [9.17, 15) is 24.6 Å². The molecule has 1 heterocycles. The monoisotopic (exact) mass is 629 g/mol. The number of aliphatic hydroxyl groups is 1. The molecule has 4 aromatic rings. The Balaban J connectivity index is 0.00000484. The molecule has 0 aliphatic heterocycles. The number of benzene rings is 3. The van der Waals surface area contributed by atoms with Crippen LogP contribution in [0.15, 0.2) is 78.2 Å². The van der Waals surface area contributed by atoms with Gasteiger partial charge in [-0.05, 0) is 53.4 Å². The number of hydrogen-bond acceptors (Lipinski definition) is 7. The first-order valence-electron chi connectivity index (χ1n) is 13.1. The standard InChI is InChI=1S/C31H33N3O5S2.K/c1-19-23(12-8-13-26(19)35)30(38)33-25(15-21-9-4-3-5-10-21)29(37)31(39)32-16-28(36)34(20(2)40)17-22-18-41-27-14-7-6-11-24(22)27;/h3-14,18,20,25,29,35,37,40H,15-17H2,1-2H3,(H,32,39)(H,33,38);/q;+1/p-1/t20?,25-,29?;/m0./s1. The molecule has 0 spiro atoms. The number of nitrogens with zero attached hydrogens (tertiary/aromatic N) is 1. The molecule has 11 heteroatoms. The third-order valence-electron chi connectivity index (χ3n) is 6.89. The molecule has 0 aliphatic carbocycles. The molecule has 0 fully saturated rings. The molecule has 0 aliphatic rings. The summed E-state index contributed by atoms with van der Waals surface area (Å²) in [6.07, 6.45) is -1.49. The average molecular weight is 630 g/mol. The van der Waals surface area contributed by atoms with Crippen LogP contribution in [-0.2, 0) is 35.2 Å². The van der Waals surface area contributed by atoms with Crippen molar-refractivity contribution in [3.63, 3.8) is 0 Å². The largest absolute Gasteiger partial charge is 1.00 e. The van der Waals surface area contributed by atoms with Crippen molar-refractivity contribution < 1.29 is 76.0 Å². The van der Waals surface area contributed by atoms with E-state index >= 15 is 0 Å². The molecular formula is C31H32KN3O5S2. The van der Waals surface area contributed by atoms with Gasteiger partial charge in [0.15, 0.2) is 6.10 Å². The van der Waals surface area contributed by atoms with Gasteiger partial charge in [0, 0.05) is 22.4 Å². The number of nitrogens with one attached hydrogen (secondary N) is 2. The number of phenolic OH excluding ortho intramolecular Hbond substituents is 1. The number of rotatable bonds is 11. The summed E-state index contributed by atoms with van der Waals surface area (Å²) in [5.74, 6) is -1.77. The predicted octanol–water partition coefficient (Wildman–Crippen LogP) is 0.659. The Morgan fingerprint density at radius 1 is 1.00 bits per heavy atom. The Morgan fingerprint density at radius 2 is 1.69 bits per heavy atom. The molecule has 0 radical (unpaired) electrons. The van der Waals surface area contributed by atoms with E-state index in [1.807, 2.05) is 60.0 Å². The number of amides is 3. The molecule has 42 heavy (non-hydrogen) atoms. The van der Waals surface area contributed by atoms with Crippen molar-refractivity contribution in [2.24, 2.45) is 0 Å². The van der Waals surface area contributed by atoms with Gasteiger partial charge >= 0.3 is 51.4 Å². The van der Waals surface area contributed by atoms with Gasteiger partial charge in [0.25, 0.3) is 11.8 Å². The zero-order valence-electron chi connectivity index (χ0n) is 23.7. The first-order chi connectivity index (χ1) is 19.7. The molecule has 2 unspecified atom stereocenters. The summed E-state index contributed by atoms with van der Waals surface area (Å²) in [6, 6.07) is 20.6. The van der Waals surface area contributed by atoms with Crippen LogP contribution in [-0.4, -0.2) is 56.9 Å². The minimum Gasteiger partial charge on any atom is -0.768 e. The van der Waals surface area contributed by atoms with Crippen LogP contribution in [0.3, 0.4) is 0 Å². The Labute approximate surface area is 297 Å². The van der Waals surface area contributed by atoms with Crippen LogP contribution in [0.5, 0.6) is 5.75 Å². The van der Waals surface area contributed by atoms with E-state index in [4.69, 9.17) is 12.6 Å². The molecule has 4 rings (SSSR count). The minimum atomic E-state index is -1.65. The molecule has 3 atom stereocenters. The maximum absolute atomic E-state index is 13.1. The van der Waals surface area contributed by atoms with Crippen LogP contribution in [0.2, 0.25) is 0 Å². The Bertz CT molecular complexity index is 1530. The van der Waals surface area contributed by atoms with Crippen molar-refractivity contribution >= 4 is 51.8 Å². The van der Waals surface area contributed by atoms with Crippen molar-refractivity contribution in [3.05, 3.63) is 100 Å². The number of phenols is 1. The summed E-state index contributed by atoms with van der Waals surface area (Å²) in [6.45, 7) is 3.27. The fourth-order valence-electron chi connectivity index (χ4n) is 4.54. The molecule has 0 saturated heterocycles. The second-order valence-electron chi connectivity index (χ2n) is 9.76. The molecule has 214 valence electrons. The summed E-state index contributed by atoms with van der Waals surface area (Å²) in [5.41, 5.74) is 2.36. The number of thiophene rings is 1. The van der Waals surface area contributed by atoms with Crippen molar-refractivity contribution in [2.45, 2.75) is 44.3 Å². The van der Waals surface area contributed by atoms with Gasteiger partial charge in [0.2, 0.25) is 5.91 Å². The first kappa shape index (κ1) is 34.3. The van der Waals surface area contributed by atoms with Gasteiger partial charge < -0.3 is 38.4 Å². The van der Waals surface area contributed by atoms with Gasteiger partial charge in [-0.1, -0.05) is 66.9 Å². The van der Waals surface area contributed by atoms with Gasteiger partial charge in [0.1, 0.15) is 5.75 Å². The van der Waals surface area contributed by atoms with Crippen molar-refractivity contribution in [1.82, 2.24) is 15.5 Å². The van der Waals surface area contributed by atoms with Crippen LogP contribution >= 0.6 is 11.3 Å². The molecule has 3 aromatic carbocycles. The third-order valence-corrected chi connectivity index (χ3v) is 8.16. The fraction of sp³-hybridized carbons (Fsp3) is 0.258. The van der Waals surface area contributed by atoms with E-state index in [1.54, 1.807) is 37.3 Å². The van der Waals surface area contributed by atoms with Crippen LogP contribution in [0.25, 0.3) is 10.1 Å². The second kappa shape index (κ2) is 16.0. The van der Waals surface area contributed by atoms with E-state index < -0.39 is 29.3 Å². The molecule has 0 saturated carbocycles. The second-order valence-corrected chi connectivity index (χ2v) is 11.4. The number of fused-ring (bicyclic) bond motifs is 1. The van der Waals surface area contributed by atoms with Crippen LogP contribution in [0, 0.1) is 6.92 Å². The van der Waals surface area contributed by atoms with Gasteiger partial charge in [-0.2, -0.15) is 0 Å². The number of carbonyl (C=O) groups is 3. The zero-order chi connectivity index (χ0) is 29.5. The summed E-state index contributed by atoms with van der Waals surface area (Å²) in [5, 5.41) is 28.8. The fourth-order valence-corrected chi connectivity index (χ4v) is 5.68. The Kier molecular flexibility index (Phi) is 13.1. The topological polar surface area (TPSA) is 119 Å². The summed E-state index contributed by atoms with van der Waals surface area (Å²) in [7, 11) is 0. The number of aliphatic hydroxyl groups excluding tert-OH is 1. The molecule has 0 bridgehead atoms. The van der Waals surface area contributed by atoms with Gasteiger partial charge in [-0.3, -0.25) is 14.4 Å². The molecular weight excluding hydrogens is 598 g/mol. The maximum atomic E-state index is 13.1. The average Bonchev–Trinajstić information content (AvgIpc) is 3.38. The van der Waals surface area contributed by atoms with Crippen LogP contribution < -0.4 is 62.0 Å². The minimum absolute atomic E-state index is 0. The van der Waals surface area contributed by atoms with E-state index in [2.05, 4.69) is 10.6 Å². The van der Waals surface area contributed by atoms with Crippen molar-refractivity contribution in [1.29, 1.82) is 0 Å². The number of hydrogen-bond donors (Lipinski definition) is 4. The number of carbonyl (C=O) groups excluding carboxylic acids is 3. The molecule has 4 N–H and O–H groups in total. The first-order valence-corrected chi connectivity index (χ1v) is 14.5. The normalized spacial score (nSPS) is 13.0. The van der Waals surface area contributed by atoms with Crippen molar-refractivity contribution in [2.75, 3.05) is 6.54 Å². The molecule has 8 nitrogen and oxygen atoms in total. The summed E-state index contributed by atoms with van der Waals surface area (Å²) in [4.78, 5) is 40.8. The van der Waals surface area contributed by atoms with E-state index in [1.165, 1.54) is 11.0 Å². The van der Waals surface area contributed by atoms with E-state index in [-0.39, 0.29) is 81.6 Å². The smallest absolute Gasteiger partial charge is 0.768 e. The quantitative estimate of drug-likeness (QED) is 0.143. The van der Waals surface area contributed by atoms with E-state index in [0.29, 0.717) is 12.1 Å². The molecule has 3 amide bonds. The third kappa shape index (κ3) is 8.67. The van der Waals surface area contributed by atoms with Gasteiger partial charge in [-0.25, -0.2) is 0 Å². The SMILES string of the molecule is Cc1c(O)cccc1C(=O)N[C@@H](Cc1ccccc1)C(O)C(=O)NCC(=O)N(Cc1csc2ccccc12)C(C)[S-].[K+]. The van der Waals surface area contributed by atoms with Crippen LogP contribution in [0.4, 0.5) is 0 Å².